The number of fused-ring (bicyclic) bond motifs is 1. The Morgan fingerprint density at radius 1 is 1.17 bits per heavy atom. The number of Topliss-reactive ketones (excluding diaryl/α,β-unsaturated/α-hetero) is 1. The maximum Gasteiger partial charge on any atom is 0.257 e. The quantitative estimate of drug-likeness (QED) is 0.199. The summed E-state index contributed by atoms with van der Waals surface area (Å²) >= 11 is 2.42. The topological polar surface area (TPSA) is 114 Å². The van der Waals surface area contributed by atoms with Crippen LogP contribution in [0.3, 0.4) is 0 Å². The molecule has 1 atom stereocenters. The van der Waals surface area contributed by atoms with E-state index in [0.717, 1.165) is 22.2 Å². The van der Waals surface area contributed by atoms with Crippen molar-refractivity contribution in [3.8, 4) is 5.75 Å². The molecule has 0 aliphatic carbocycles. The third-order valence-corrected chi connectivity index (χ3v) is 7.61. The summed E-state index contributed by atoms with van der Waals surface area (Å²) in [7, 11) is 1.59. The summed E-state index contributed by atoms with van der Waals surface area (Å²) in [6.07, 6.45) is 1.64. The van der Waals surface area contributed by atoms with E-state index in [2.05, 4.69) is 20.3 Å². The Morgan fingerprint density at radius 3 is 2.74 bits per heavy atom. The van der Waals surface area contributed by atoms with Gasteiger partial charge in [0.15, 0.2) is 11.4 Å². The summed E-state index contributed by atoms with van der Waals surface area (Å²) in [5, 5.41) is 15.1. The molecule has 0 saturated heterocycles. The van der Waals surface area contributed by atoms with E-state index in [4.69, 9.17) is 4.74 Å². The first-order valence-electron chi connectivity index (χ1n) is 10.8. The largest absolute Gasteiger partial charge is 0.497 e. The van der Waals surface area contributed by atoms with Gasteiger partial charge in [-0.15, -0.1) is 11.3 Å². The second-order valence-corrected chi connectivity index (χ2v) is 9.96. The monoisotopic (exact) mass is 508 g/mol. The summed E-state index contributed by atoms with van der Waals surface area (Å²) in [5.74, 6) is 0.767. The molecule has 35 heavy (non-hydrogen) atoms. The van der Waals surface area contributed by atoms with Gasteiger partial charge < -0.3 is 15.2 Å². The smallest absolute Gasteiger partial charge is 0.257 e. The number of aromatic nitrogens is 3. The summed E-state index contributed by atoms with van der Waals surface area (Å²) < 4.78 is 5.31. The summed E-state index contributed by atoms with van der Waals surface area (Å²) in [6.45, 7) is 3.42. The maximum absolute atomic E-state index is 12.9. The van der Waals surface area contributed by atoms with Crippen molar-refractivity contribution in [2.75, 3.05) is 12.9 Å². The van der Waals surface area contributed by atoms with Crippen molar-refractivity contribution in [3.63, 3.8) is 0 Å². The second kappa shape index (κ2) is 10.5. The number of hydrogen-bond donors (Lipinski definition) is 2. The molecule has 0 fully saturated rings. The number of thioether (sulfide) groups is 1. The summed E-state index contributed by atoms with van der Waals surface area (Å²) in [6, 6.07) is 14.2. The first kappa shape index (κ1) is 24.8. The van der Waals surface area contributed by atoms with E-state index in [1.54, 1.807) is 37.6 Å². The number of ether oxygens (including phenoxy) is 1. The third kappa shape index (κ3) is 5.67. The molecule has 0 unspecified atom stereocenters. The lowest BCUT2D eigenvalue weighted by molar-refractivity contribution is -0.138. The van der Waals surface area contributed by atoms with Crippen LogP contribution in [0.1, 0.15) is 33.0 Å². The van der Waals surface area contributed by atoms with Crippen molar-refractivity contribution in [2.45, 2.75) is 31.0 Å². The molecule has 3 aromatic heterocycles. The Bertz CT molecular complexity index is 1370. The van der Waals surface area contributed by atoms with Gasteiger partial charge in [0.05, 0.1) is 35.5 Å². The number of hydrogen-bond acceptors (Lipinski definition) is 9. The van der Waals surface area contributed by atoms with Crippen LogP contribution in [0, 0.1) is 6.92 Å². The first-order chi connectivity index (χ1) is 16.8. The van der Waals surface area contributed by atoms with Gasteiger partial charge in [-0.1, -0.05) is 17.8 Å². The van der Waals surface area contributed by atoms with E-state index in [0.29, 0.717) is 32.0 Å². The second-order valence-electron chi connectivity index (χ2n) is 7.91. The Hall–Kier alpha value is -3.34. The highest BCUT2D eigenvalue weighted by atomic mass is 32.2. The molecule has 180 valence electrons. The number of nitrogens with one attached hydrogen (secondary N) is 1. The summed E-state index contributed by atoms with van der Waals surface area (Å²) in [5.41, 5.74) is -0.318. The van der Waals surface area contributed by atoms with Crippen LogP contribution in [0.15, 0.2) is 59.8 Å². The number of carbonyl (C=O) groups is 2. The Balaban J connectivity index is 1.44. The molecule has 1 aromatic carbocycles. The van der Waals surface area contributed by atoms with Crippen molar-refractivity contribution in [1.82, 2.24) is 20.3 Å². The molecule has 10 heteroatoms. The van der Waals surface area contributed by atoms with E-state index < -0.39 is 11.5 Å². The lowest BCUT2D eigenvalue weighted by Gasteiger charge is -2.20. The molecule has 8 nitrogen and oxygen atoms in total. The lowest BCUT2D eigenvalue weighted by atomic mass is 10.0. The molecule has 0 radical (unpaired) electrons. The Labute approximate surface area is 210 Å². The van der Waals surface area contributed by atoms with E-state index in [1.807, 2.05) is 31.2 Å². The van der Waals surface area contributed by atoms with Crippen LogP contribution in [-0.2, 0) is 16.9 Å². The predicted octanol–water partition coefficient (Wildman–Crippen LogP) is 3.90. The molecule has 0 aliphatic heterocycles. The zero-order valence-electron chi connectivity index (χ0n) is 19.4. The predicted molar refractivity (Wildman–Crippen MR) is 136 cm³/mol. The molecule has 0 bridgehead atoms. The van der Waals surface area contributed by atoms with Crippen LogP contribution < -0.4 is 10.1 Å². The fourth-order valence-corrected chi connectivity index (χ4v) is 5.36. The number of aryl methyl sites for hydroxylation is 1. The van der Waals surface area contributed by atoms with E-state index in [9.17, 15) is 14.7 Å². The van der Waals surface area contributed by atoms with Crippen molar-refractivity contribution in [2.24, 2.45) is 0 Å². The number of aliphatic hydroxyl groups is 1. The van der Waals surface area contributed by atoms with E-state index >= 15 is 0 Å². The SMILES string of the molecule is COc1ccc2nc(C)nc(SCC(=O)c3ccc([C@@](C)(O)C(=O)NCc4ccccn4)s3)c2c1. The van der Waals surface area contributed by atoms with Gasteiger partial charge >= 0.3 is 0 Å². The van der Waals surface area contributed by atoms with Crippen LogP contribution in [0.4, 0.5) is 0 Å². The molecule has 4 rings (SSSR count). The number of ketones is 1. The van der Waals surface area contributed by atoms with Gasteiger partial charge in [0, 0.05) is 16.5 Å². The van der Waals surface area contributed by atoms with Gasteiger partial charge in [-0.3, -0.25) is 14.6 Å². The minimum Gasteiger partial charge on any atom is -0.497 e. The first-order valence-corrected chi connectivity index (χ1v) is 12.6. The fraction of sp³-hybridized carbons (Fsp3) is 0.240. The number of benzene rings is 1. The minimum absolute atomic E-state index is 0.122. The van der Waals surface area contributed by atoms with Crippen LogP contribution in [0.5, 0.6) is 5.75 Å². The number of pyridine rings is 1. The highest BCUT2D eigenvalue weighted by molar-refractivity contribution is 8.00. The van der Waals surface area contributed by atoms with Crippen molar-refractivity contribution in [1.29, 1.82) is 0 Å². The average Bonchev–Trinajstić information content (AvgIpc) is 3.37. The van der Waals surface area contributed by atoms with Crippen molar-refractivity contribution >= 4 is 45.7 Å². The highest BCUT2D eigenvalue weighted by Gasteiger charge is 2.34. The molecule has 2 N–H and O–H groups in total. The number of nitrogens with zero attached hydrogens (tertiary/aromatic N) is 3. The number of carbonyl (C=O) groups excluding carboxylic acids is 2. The van der Waals surface area contributed by atoms with Gasteiger partial charge in [-0.25, -0.2) is 9.97 Å². The molecule has 0 aliphatic rings. The van der Waals surface area contributed by atoms with Gasteiger partial charge in [0.1, 0.15) is 16.6 Å². The standard InChI is InChI=1S/C25H24N4O4S2/c1-15-28-19-8-7-17(33-3)12-18(19)23(29-15)34-14-20(30)21-9-10-22(35-21)25(2,32)24(31)27-13-16-6-4-5-11-26-16/h4-12,32H,13-14H2,1-3H3,(H,27,31)/t25-/m1/s1. The molecule has 3 heterocycles. The van der Waals surface area contributed by atoms with Gasteiger partial charge in [0.25, 0.3) is 5.91 Å². The zero-order chi connectivity index (χ0) is 25.0. The van der Waals surface area contributed by atoms with Crippen LogP contribution in [0.2, 0.25) is 0 Å². The van der Waals surface area contributed by atoms with Crippen LogP contribution in [0.25, 0.3) is 10.9 Å². The van der Waals surface area contributed by atoms with Crippen molar-refractivity contribution < 1.29 is 19.4 Å². The number of methoxy groups -OCH3 is 1. The Morgan fingerprint density at radius 2 is 2.00 bits per heavy atom. The van der Waals surface area contributed by atoms with Gasteiger partial charge in [-0.05, 0) is 56.3 Å². The minimum atomic E-state index is -1.78. The third-order valence-electron chi connectivity index (χ3n) is 5.28. The lowest BCUT2D eigenvalue weighted by Crippen LogP contribution is -2.41. The molecule has 0 spiro atoms. The number of rotatable bonds is 9. The molecule has 0 saturated carbocycles. The average molecular weight is 509 g/mol. The van der Waals surface area contributed by atoms with Gasteiger partial charge in [-0.2, -0.15) is 0 Å². The van der Waals surface area contributed by atoms with Crippen LogP contribution in [-0.4, -0.2) is 44.6 Å². The summed E-state index contributed by atoms with van der Waals surface area (Å²) in [4.78, 5) is 39.5. The normalized spacial score (nSPS) is 12.8. The number of amides is 1. The fourth-order valence-electron chi connectivity index (χ4n) is 3.34. The van der Waals surface area contributed by atoms with Crippen LogP contribution >= 0.6 is 23.1 Å². The Kier molecular flexibility index (Phi) is 7.44. The highest BCUT2D eigenvalue weighted by Crippen LogP contribution is 2.32. The molecule has 4 aromatic rings. The van der Waals surface area contributed by atoms with E-state index in [1.165, 1.54) is 18.7 Å². The molecule has 1 amide bonds. The van der Waals surface area contributed by atoms with E-state index in [-0.39, 0.29) is 18.1 Å². The number of thiophene rings is 1. The van der Waals surface area contributed by atoms with Crippen molar-refractivity contribution in [3.05, 3.63) is 76.0 Å². The zero-order valence-corrected chi connectivity index (χ0v) is 21.1. The van der Waals surface area contributed by atoms with Gasteiger partial charge in [0.2, 0.25) is 0 Å². The molecular weight excluding hydrogens is 484 g/mol. The molecular formula is C25H24N4O4S2. The maximum atomic E-state index is 12.9.